The van der Waals surface area contributed by atoms with Crippen LogP contribution in [0.15, 0.2) is 48.7 Å². The van der Waals surface area contributed by atoms with Crippen molar-refractivity contribution in [3.8, 4) is 11.5 Å². The number of aromatic nitrogens is 4. The molecule has 0 spiro atoms. The summed E-state index contributed by atoms with van der Waals surface area (Å²) in [6.07, 6.45) is 3.17. The first-order valence-electron chi connectivity index (χ1n) is 9.91. The second-order valence-electron chi connectivity index (χ2n) is 7.69. The summed E-state index contributed by atoms with van der Waals surface area (Å²) in [6.45, 7) is 3.39. The normalized spacial score (nSPS) is 17.5. The Labute approximate surface area is 169 Å². The maximum atomic E-state index is 6.05. The molecule has 1 fully saturated rings. The van der Waals surface area contributed by atoms with Crippen molar-refractivity contribution >= 4 is 16.6 Å². The number of ether oxygens (including phenoxy) is 1. The van der Waals surface area contributed by atoms with Crippen molar-refractivity contribution in [3.05, 3.63) is 59.8 Å². The van der Waals surface area contributed by atoms with Gasteiger partial charge in [-0.2, -0.15) is 0 Å². The molecule has 1 aromatic carbocycles. The highest BCUT2D eigenvalue weighted by Crippen LogP contribution is 2.24. The molecule has 7 heteroatoms. The van der Waals surface area contributed by atoms with Crippen LogP contribution in [0, 0.1) is 0 Å². The Hall–Kier alpha value is -2.87. The molecular weight excluding hydrogens is 364 g/mol. The van der Waals surface area contributed by atoms with Crippen LogP contribution in [0.3, 0.4) is 0 Å². The molecule has 1 atom stereocenters. The topological polar surface area (TPSA) is 81.6 Å². The van der Waals surface area contributed by atoms with Gasteiger partial charge in [0.05, 0.1) is 12.1 Å². The van der Waals surface area contributed by atoms with Crippen LogP contribution in [0.4, 0.5) is 0 Å². The van der Waals surface area contributed by atoms with Crippen molar-refractivity contribution in [2.75, 3.05) is 20.2 Å². The molecule has 5 rings (SSSR count). The van der Waals surface area contributed by atoms with E-state index in [0.29, 0.717) is 6.61 Å². The van der Waals surface area contributed by atoms with Gasteiger partial charge in [0.15, 0.2) is 11.5 Å². The number of nitrogens with two attached hydrogens (primary N) is 1. The Balaban J connectivity index is 1.54. The highest BCUT2D eigenvalue weighted by Gasteiger charge is 2.19. The lowest BCUT2D eigenvalue weighted by Gasteiger charge is -2.15. The fourth-order valence-electron chi connectivity index (χ4n) is 4.07. The molecule has 0 aliphatic carbocycles. The van der Waals surface area contributed by atoms with Crippen molar-refractivity contribution in [1.29, 1.82) is 0 Å². The Bertz CT molecular complexity index is 1170. The number of benzene rings is 1. The smallest absolute Gasteiger partial charge is 0.187 e. The first kappa shape index (κ1) is 18.2. The summed E-state index contributed by atoms with van der Waals surface area (Å²) in [5, 5.41) is 9.84. The molecule has 7 nitrogen and oxygen atoms in total. The standard InChI is InChI=1S/C22H24N6O/c1-29-14-17-4-2-3-16-6-7-19(24-21(16)17)22-26-25-20-8-5-15(12-28(20)22)11-27-10-9-18(23)13-27/h2-8,12,18H,9-11,13-14,23H2,1H3. The van der Waals surface area contributed by atoms with E-state index in [1.165, 1.54) is 5.56 Å². The van der Waals surface area contributed by atoms with E-state index in [9.17, 15) is 0 Å². The van der Waals surface area contributed by atoms with E-state index in [4.69, 9.17) is 15.5 Å². The van der Waals surface area contributed by atoms with Gasteiger partial charge in [-0.1, -0.05) is 30.3 Å². The molecule has 0 amide bonds. The summed E-state index contributed by atoms with van der Waals surface area (Å²) < 4.78 is 7.36. The molecule has 0 radical (unpaired) electrons. The second kappa shape index (κ2) is 7.51. The van der Waals surface area contributed by atoms with Crippen LogP contribution in [-0.4, -0.2) is 50.7 Å². The van der Waals surface area contributed by atoms with Gasteiger partial charge in [-0.25, -0.2) is 4.98 Å². The molecule has 29 heavy (non-hydrogen) atoms. The van der Waals surface area contributed by atoms with Crippen LogP contribution >= 0.6 is 0 Å². The Kier molecular flexibility index (Phi) is 4.71. The van der Waals surface area contributed by atoms with Gasteiger partial charge in [-0.05, 0) is 24.1 Å². The number of hydrogen-bond acceptors (Lipinski definition) is 6. The zero-order valence-corrected chi connectivity index (χ0v) is 16.5. The minimum atomic E-state index is 0.285. The van der Waals surface area contributed by atoms with Crippen molar-refractivity contribution < 1.29 is 4.74 Å². The maximum Gasteiger partial charge on any atom is 0.187 e. The highest BCUT2D eigenvalue weighted by molar-refractivity contribution is 5.83. The molecule has 1 saturated heterocycles. The fraction of sp³-hybridized carbons (Fsp3) is 0.318. The Morgan fingerprint density at radius 1 is 1.14 bits per heavy atom. The van der Waals surface area contributed by atoms with Gasteiger partial charge >= 0.3 is 0 Å². The van der Waals surface area contributed by atoms with E-state index >= 15 is 0 Å². The van der Waals surface area contributed by atoms with Crippen LogP contribution < -0.4 is 5.73 Å². The summed E-state index contributed by atoms with van der Waals surface area (Å²) in [5.41, 5.74) is 10.9. The number of fused-ring (bicyclic) bond motifs is 2. The number of rotatable bonds is 5. The predicted octanol–water partition coefficient (Wildman–Crippen LogP) is 2.62. The monoisotopic (exact) mass is 388 g/mol. The van der Waals surface area contributed by atoms with Gasteiger partial charge in [0, 0.05) is 49.9 Å². The number of methoxy groups -OCH3 is 1. The molecule has 4 aromatic rings. The quantitative estimate of drug-likeness (QED) is 0.566. The van der Waals surface area contributed by atoms with Gasteiger partial charge in [-0.3, -0.25) is 9.30 Å². The summed E-state index contributed by atoms with van der Waals surface area (Å²) in [5.74, 6) is 0.745. The van der Waals surface area contributed by atoms with Crippen molar-refractivity contribution in [2.24, 2.45) is 5.73 Å². The minimum Gasteiger partial charge on any atom is -0.380 e. The number of para-hydroxylation sites is 1. The van der Waals surface area contributed by atoms with Gasteiger partial charge in [0.2, 0.25) is 0 Å². The van der Waals surface area contributed by atoms with Gasteiger partial charge in [0.25, 0.3) is 0 Å². The number of hydrogen-bond donors (Lipinski definition) is 1. The van der Waals surface area contributed by atoms with E-state index in [0.717, 1.165) is 59.7 Å². The summed E-state index contributed by atoms with van der Waals surface area (Å²) >= 11 is 0. The number of nitrogens with zero attached hydrogens (tertiary/aromatic N) is 5. The predicted molar refractivity (Wildman–Crippen MR) is 112 cm³/mol. The highest BCUT2D eigenvalue weighted by atomic mass is 16.5. The maximum absolute atomic E-state index is 6.05. The lowest BCUT2D eigenvalue weighted by Crippen LogP contribution is -2.26. The van der Waals surface area contributed by atoms with E-state index in [2.05, 4.69) is 39.5 Å². The largest absolute Gasteiger partial charge is 0.380 e. The van der Waals surface area contributed by atoms with Crippen molar-refractivity contribution in [2.45, 2.75) is 25.6 Å². The number of pyridine rings is 2. The van der Waals surface area contributed by atoms with Crippen LogP contribution in [-0.2, 0) is 17.9 Å². The van der Waals surface area contributed by atoms with Gasteiger partial charge < -0.3 is 10.5 Å². The molecule has 3 aromatic heterocycles. The summed E-state index contributed by atoms with van der Waals surface area (Å²) in [7, 11) is 1.70. The first-order chi connectivity index (χ1) is 14.2. The molecule has 1 aliphatic heterocycles. The number of likely N-dealkylation sites (tertiary alicyclic amines) is 1. The van der Waals surface area contributed by atoms with E-state index in [-0.39, 0.29) is 6.04 Å². The minimum absolute atomic E-state index is 0.285. The van der Waals surface area contributed by atoms with E-state index in [1.807, 2.05) is 28.7 Å². The summed E-state index contributed by atoms with van der Waals surface area (Å²) in [4.78, 5) is 7.29. The average molecular weight is 388 g/mol. The third-order valence-electron chi connectivity index (χ3n) is 5.51. The lowest BCUT2D eigenvalue weighted by atomic mass is 10.1. The third kappa shape index (κ3) is 3.48. The first-order valence-corrected chi connectivity index (χ1v) is 9.91. The van der Waals surface area contributed by atoms with E-state index in [1.54, 1.807) is 7.11 Å². The average Bonchev–Trinajstić information content (AvgIpc) is 3.34. The SMILES string of the molecule is COCc1cccc2ccc(-c3nnc4ccc(CN5CCC(N)C5)cn34)nc12. The van der Waals surface area contributed by atoms with Gasteiger partial charge in [-0.15, -0.1) is 10.2 Å². The molecular formula is C22H24N6O. The fourth-order valence-corrected chi connectivity index (χ4v) is 4.07. The zero-order chi connectivity index (χ0) is 19.8. The van der Waals surface area contributed by atoms with Crippen LogP contribution in [0.2, 0.25) is 0 Å². The van der Waals surface area contributed by atoms with Crippen LogP contribution in [0.1, 0.15) is 17.5 Å². The van der Waals surface area contributed by atoms with Crippen LogP contribution in [0.25, 0.3) is 28.1 Å². The van der Waals surface area contributed by atoms with E-state index < -0.39 is 0 Å². The van der Waals surface area contributed by atoms with Gasteiger partial charge in [0.1, 0.15) is 5.69 Å². The van der Waals surface area contributed by atoms with Crippen molar-refractivity contribution in [3.63, 3.8) is 0 Å². The molecule has 1 unspecified atom stereocenters. The Morgan fingerprint density at radius 3 is 2.90 bits per heavy atom. The summed E-state index contributed by atoms with van der Waals surface area (Å²) in [6, 6.07) is 14.6. The molecule has 0 bridgehead atoms. The molecule has 148 valence electrons. The third-order valence-corrected chi connectivity index (χ3v) is 5.51. The lowest BCUT2D eigenvalue weighted by molar-refractivity contribution is 0.186. The van der Waals surface area contributed by atoms with Crippen LogP contribution in [0.5, 0.6) is 0 Å². The Morgan fingerprint density at radius 2 is 2.07 bits per heavy atom. The van der Waals surface area contributed by atoms with Crippen molar-refractivity contribution in [1.82, 2.24) is 24.5 Å². The molecule has 0 saturated carbocycles. The zero-order valence-electron chi connectivity index (χ0n) is 16.5. The molecule has 4 heterocycles. The molecule has 2 N–H and O–H groups in total. The second-order valence-corrected chi connectivity index (χ2v) is 7.69. The molecule has 1 aliphatic rings.